The second-order valence-corrected chi connectivity index (χ2v) is 9.96. The van der Waals surface area contributed by atoms with Gasteiger partial charge in [0.05, 0.1) is 36.1 Å². The van der Waals surface area contributed by atoms with Crippen LogP contribution in [0.5, 0.6) is 0 Å². The second-order valence-electron chi connectivity index (χ2n) is 7.94. The highest BCUT2D eigenvalue weighted by atomic mass is 32.2. The fourth-order valence-corrected chi connectivity index (χ4v) is 6.23. The number of carbonyl (C=O) groups is 1. The molecule has 170 valence electrons. The highest BCUT2D eigenvalue weighted by Crippen LogP contribution is 2.34. The van der Waals surface area contributed by atoms with Crippen molar-refractivity contribution in [3.63, 3.8) is 0 Å². The zero-order chi connectivity index (χ0) is 22.9. The number of thiophene rings is 1. The zero-order valence-corrected chi connectivity index (χ0v) is 20.2. The van der Waals surface area contributed by atoms with Crippen molar-refractivity contribution in [2.75, 3.05) is 18.8 Å². The van der Waals surface area contributed by atoms with Crippen LogP contribution in [-0.2, 0) is 24.2 Å². The third kappa shape index (κ3) is 5.70. The van der Waals surface area contributed by atoms with Crippen LogP contribution in [0.15, 0.2) is 9.95 Å². The molecule has 1 aliphatic carbocycles. The Bertz CT molecular complexity index is 1070. The minimum atomic E-state index is -0.138. The topological polar surface area (TPSA) is 103 Å². The molecule has 2 aromatic rings. The van der Waals surface area contributed by atoms with Crippen molar-refractivity contribution < 1.29 is 4.79 Å². The van der Waals surface area contributed by atoms with Crippen LogP contribution in [0.2, 0.25) is 0 Å². The van der Waals surface area contributed by atoms with E-state index in [0.717, 1.165) is 55.2 Å². The quantitative estimate of drug-likeness (QED) is 0.275. The van der Waals surface area contributed by atoms with Crippen LogP contribution in [0.4, 0.5) is 0 Å². The van der Waals surface area contributed by atoms with E-state index in [9.17, 15) is 9.59 Å². The van der Waals surface area contributed by atoms with Crippen molar-refractivity contribution >= 4 is 39.2 Å². The maximum atomic E-state index is 13.5. The van der Waals surface area contributed by atoms with Gasteiger partial charge in [-0.05, 0) is 37.7 Å². The molecule has 0 aliphatic heterocycles. The molecule has 0 bridgehead atoms. The SMILES string of the molecule is CCCCCn1c(SCC(=O)N(CCC#N)CCC#N)nc2sc3c(c2c1=O)CCCC3. The summed E-state index contributed by atoms with van der Waals surface area (Å²) in [5, 5.41) is 19.1. The van der Waals surface area contributed by atoms with Crippen LogP contribution in [0.25, 0.3) is 10.2 Å². The van der Waals surface area contributed by atoms with E-state index in [1.54, 1.807) is 20.8 Å². The number of nitriles is 2. The van der Waals surface area contributed by atoms with Crippen LogP contribution in [0.1, 0.15) is 62.3 Å². The Morgan fingerprint density at radius 2 is 1.91 bits per heavy atom. The van der Waals surface area contributed by atoms with Gasteiger partial charge in [-0.3, -0.25) is 14.2 Å². The molecule has 0 radical (unpaired) electrons. The molecule has 1 aliphatic rings. The van der Waals surface area contributed by atoms with Crippen molar-refractivity contribution in [1.29, 1.82) is 10.5 Å². The molecule has 3 rings (SSSR count). The summed E-state index contributed by atoms with van der Waals surface area (Å²) in [6, 6.07) is 4.10. The second kappa shape index (κ2) is 12.0. The number of fused-ring (bicyclic) bond motifs is 3. The van der Waals surface area contributed by atoms with Gasteiger partial charge < -0.3 is 4.90 Å². The van der Waals surface area contributed by atoms with Gasteiger partial charge >= 0.3 is 0 Å². The number of aromatic nitrogens is 2. The molecule has 0 unspecified atom stereocenters. The number of hydrogen-bond donors (Lipinski definition) is 0. The maximum Gasteiger partial charge on any atom is 0.263 e. The van der Waals surface area contributed by atoms with Crippen molar-refractivity contribution in [1.82, 2.24) is 14.5 Å². The molecule has 9 heteroatoms. The number of thioether (sulfide) groups is 1. The summed E-state index contributed by atoms with van der Waals surface area (Å²) in [7, 11) is 0. The summed E-state index contributed by atoms with van der Waals surface area (Å²) < 4.78 is 1.76. The van der Waals surface area contributed by atoms with Crippen molar-refractivity contribution in [2.24, 2.45) is 0 Å². The lowest BCUT2D eigenvalue weighted by Crippen LogP contribution is -2.34. The van der Waals surface area contributed by atoms with E-state index in [2.05, 4.69) is 19.1 Å². The van der Waals surface area contributed by atoms with E-state index in [1.165, 1.54) is 22.2 Å². The van der Waals surface area contributed by atoms with E-state index in [-0.39, 0.29) is 30.1 Å². The first-order valence-electron chi connectivity index (χ1n) is 11.3. The van der Waals surface area contributed by atoms with Gasteiger partial charge in [0.15, 0.2) is 5.16 Å². The molecule has 2 aromatic heterocycles. The normalized spacial score (nSPS) is 12.8. The Labute approximate surface area is 197 Å². The van der Waals surface area contributed by atoms with Gasteiger partial charge in [0, 0.05) is 24.5 Å². The first kappa shape index (κ1) is 24.3. The Kier molecular flexibility index (Phi) is 9.13. The zero-order valence-electron chi connectivity index (χ0n) is 18.6. The van der Waals surface area contributed by atoms with E-state index < -0.39 is 0 Å². The van der Waals surface area contributed by atoms with Crippen LogP contribution in [0.3, 0.4) is 0 Å². The lowest BCUT2D eigenvalue weighted by atomic mass is 9.97. The van der Waals surface area contributed by atoms with Gasteiger partial charge in [-0.25, -0.2) is 4.98 Å². The fraction of sp³-hybridized carbons (Fsp3) is 0.609. The van der Waals surface area contributed by atoms with Crippen molar-refractivity contribution in [3.8, 4) is 12.1 Å². The minimum absolute atomic E-state index is 0.0197. The molecule has 0 saturated carbocycles. The molecule has 2 heterocycles. The first-order valence-corrected chi connectivity index (χ1v) is 13.1. The van der Waals surface area contributed by atoms with Gasteiger partial charge in [-0.2, -0.15) is 10.5 Å². The van der Waals surface area contributed by atoms with E-state index >= 15 is 0 Å². The van der Waals surface area contributed by atoms with Crippen LogP contribution < -0.4 is 5.56 Å². The molecule has 7 nitrogen and oxygen atoms in total. The lowest BCUT2D eigenvalue weighted by Gasteiger charge is -2.20. The van der Waals surface area contributed by atoms with Crippen LogP contribution in [0, 0.1) is 22.7 Å². The summed E-state index contributed by atoms with van der Waals surface area (Å²) in [5.41, 5.74) is 1.20. The molecule has 0 spiro atoms. The molecule has 0 fully saturated rings. The third-order valence-electron chi connectivity index (χ3n) is 5.69. The molecule has 0 atom stereocenters. The average molecular weight is 472 g/mol. The lowest BCUT2D eigenvalue weighted by molar-refractivity contribution is -0.128. The summed E-state index contributed by atoms with van der Waals surface area (Å²) in [4.78, 5) is 34.7. The molecular weight excluding hydrogens is 442 g/mol. The Morgan fingerprint density at radius 1 is 1.19 bits per heavy atom. The largest absolute Gasteiger partial charge is 0.340 e. The van der Waals surface area contributed by atoms with Gasteiger partial charge in [0.2, 0.25) is 5.91 Å². The average Bonchev–Trinajstić information content (AvgIpc) is 3.18. The number of nitrogens with zero attached hydrogens (tertiary/aromatic N) is 5. The fourth-order valence-electron chi connectivity index (χ4n) is 4.00. The number of rotatable bonds is 11. The van der Waals surface area contributed by atoms with E-state index in [1.807, 2.05) is 0 Å². The summed E-state index contributed by atoms with van der Waals surface area (Å²) >= 11 is 2.91. The number of unbranched alkanes of at least 4 members (excludes halogenated alkanes) is 2. The molecular formula is C23H29N5O2S2. The Balaban J connectivity index is 1.87. The molecule has 0 aromatic carbocycles. The first-order chi connectivity index (χ1) is 15.6. The molecule has 0 N–H and O–H groups in total. The van der Waals surface area contributed by atoms with E-state index in [0.29, 0.717) is 24.8 Å². The van der Waals surface area contributed by atoms with Crippen LogP contribution in [-0.4, -0.2) is 39.2 Å². The van der Waals surface area contributed by atoms with Gasteiger partial charge in [0.25, 0.3) is 5.56 Å². The highest BCUT2D eigenvalue weighted by Gasteiger charge is 2.23. The standard InChI is InChI=1S/C23H29N5O2S2/c1-2-3-6-15-28-22(30)20-17-9-4-5-10-18(17)32-21(20)26-23(28)31-16-19(29)27(13-7-11-24)14-8-12-25/h2-10,13-16H2,1H3. The summed E-state index contributed by atoms with van der Waals surface area (Å²) in [6.07, 6.45) is 7.68. The van der Waals surface area contributed by atoms with Crippen LogP contribution >= 0.6 is 23.1 Å². The Hall–Kier alpha value is -2.36. The molecule has 1 amide bonds. The van der Waals surface area contributed by atoms with Crippen molar-refractivity contribution in [2.45, 2.75) is 76.4 Å². The maximum absolute atomic E-state index is 13.5. The number of amides is 1. The Morgan fingerprint density at radius 3 is 2.59 bits per heavy atom. The number of hydrogen-bond acceptors (Lipinski definition) is 7. The van der Waals surface area contributed by atoms with Gasteiger partial charge in [0.1, 0.15) is 4.83 Å². The predicted molar refractivity (Wildman–Crippen MR) is 128 cm³/mol. The monoisotopic (exact) mass is 471 g/mol. The minimum Gasteiger partial charge on any atom is -0.340 e. The molecule has 0 saturated heterocycles. The smallest absolute Gasteiger partial charge is 0.263 e. The summed E-state index contributed by atoms with van der Waals surface area (Å²) in [6.45, 7) is 3.35. The molecule has 32 heavy (non-hydrogen) atoms. The highest BCUT2D eigenvalue weighted by molar-refractivity contribution is 7.99. The number of aryl methyl sites for hydroxylation is 2. The summed E-state index contributed by atoms with van der Waals surface area (Å²) in [5.74, 6) is -0.00588. The predicted octanol–water partition coefficient (Wildman–Crippen LogP) is 4.28. The van der Waals surface area contributed by atoms with Gasteiger partial charge in [-0.15, -0.1) is 11.3 Å². The number of carbonyl (C=O) groups excluding carboxylic acids is 1. The van der Waals surface area contributed by atoms with Gasteiger partial charge in [-0.1, -0.05) is 31.5 Å². The van der Waals surface area contributed by atoms with E-state index in [4.69, 9.17) is 15.5 Å². The third-order valence-corrected chi connectivity index (χ3v) is 7.84. The van der Waals surface area contributed by atoms with Crippen molar-refractivity contribution in [3.05, 3.63) is 20.8 Å².